The molecule has 3 aromatic heterocycles. The number of nitro groups is 1. The molecule has 5 heterocycles. The molecular formula is C51H35N5O2. The van der Waals surface area contributed by atoms with Gasteiger partial charge in [0, 0.05) is 52.0 Å². The Balaban J connectivity index is 1.41. The molecule has 5 aromatic carbocycles. The van der Waals surface area contributed by atoms with E-state index in [4.69, 9.17) is 9.97 Å². The maximum atomic E-state index is 11.7. The number of aromatic nitrogens is 4. The molecule has 58 heavy (non-hydrogen) atoms. The van der Waals surface area contributed by atoms with E-state index in [0.717, 1.165) is 94.9 Å². The largest absolute Gasteiger partial charge is 0.354 e. The zero-order valence-corrected chi connectivity index (χ0v) is 31.3. The molecule has 0 saturated carbocycles. The molecule has 7 nitrogen and oxygen atoms in total. The number of H-pyrrole nitrogens is 1. The van der Waals surface area contributed by atoms with Crippen molar-refractivity contribution < 1.29 is 4.92 Å². The third-order valence-electron chi connectivity index (χ3n) is 10.8. The molecule has 0 saturated heterocycles. The number of nitro benzene ring substituents is 1. The number of hydrogen-bond donors (Lipinski definition) is 1. The lowest BCUT2D eigenvalue weighted by atomic mass is 10.0. The van der Waals surface area contributed by atoms with Gasteiger partial charge in [-0.2, -0.15) is 0 Å². The highest BCUT2D eigenvalue weighted by molar-refractivity contribution is 6.00. The van der Waals surface area contributed by atoms with Crippen LogP contribution in [0.3, 0.4) is 0 Å². The van der Waals surface area contributed by atoms with Crippen molar-refractivity contribution in [2.75, 3.05) is 0 Å². The van der Waals surface area contributed by atoms with E-state index in [1.165, 1.54) is 0 Å². The maximum absolute atomic E-state index is 11.7. The van der Waals surface area contributed by atoms with Crippen molar-refractivity contribution in [1.82, 2.24) is 19.5 Å². The first kappa shape index (κ1) is 34.6. The highest BCUT2D eigenvalue weighted by atomic mass is 16.6. The topological polar surface area (TPSA) is 89.6 Å². The monoisotopic (exact) mass is 749 g/mol. The molecule has 7 heteroatoms. The van der Waals surface area contributed by atoms with E-state index in [1.807, 2.05) is 36.4 Å². The first-order chi connectivity index (χ1) is 28.6. The van der Waals surface area contributed by atoms with Crippen molar-refractivity contribution in [3.63, 3.8) is 0 Å². The number of hydrogen-bond acceptors (Lipinski definition) is 4. The van der Waals surface area contributed by atoms with E-state index in [-0.39, 0.29) is 10.6 Å². The van der Waals surface area contributed by atoms with Crippen LogP contribution in [-0.4, -0.2) is 24.4 Å². The summed E-state index contributed by atoms with van der Waals surface area (Å²) in [6.07, 6.45) is 8.44. The lowest BCUT2D eigenvalue weighted by molar-refractivity contribution is -0.384. The summed E-state index contributed by atoms with van der Waals surface area (Å²) in [5.74, 6) is 0. The van der Waals surface area contributed by atoms with Crippen molar-refractivity contribution in [3.05, 3.63) is 208 Å². The second-order valence-corrected chi connectivity index (χ2v) is 14.3. The molecule has 0 aliphatic carbocycles. The fraction of sp³-hybridized carbons (Fsp3) is 0.0196. The van der Waals surface area contributed by atoms with Gasteiger partial charge in [0.05, 0.1) is 38.7 Å². The highest BCUT2D eigenvalue weighted by Crippen LogP contribution is 2.39. The summed E-state index contributed by atoms with van der Waals surface area (Å²) in [6.45, 7) is 0.440. The van der Waals surface area contributed by atoms with E-state index in [2.05, 4.69) is 155 Å². The lowest BCUT2D eigenvalue weighted by Crippen LogP contribution is -2.02. The minimum Gasteiger partial charge on any atom is -0.354 e. The second-order valence-electron chi connectivity index (χ2n) is 14.3. The van der Waals surface area contributed by atoms with Crippen molar-refractivity contribution in [3.8, 4) is 44.5 Å². The van der Waals surface area contributed by atoms with Crippen LogP contribution >= 0.6 is 0 Å². The summed E-state index contributed by atoms with van der Waals surface area (Å²) >= 11 is 0. The number of nitrogens with one attached hydrogen (secondary N) is 1. The van der Waals surface area contributed by atoms with Gasteiger partial charge in [-0.25, -0.2) is 9.97 Å². The molecule has 8 aromatic rings. The Hall–Kier alpha value is -7.90. The zero-order chi connectivity index (χ0) is 39.0. The van der Waals surface area contributed by atoms with Crippen LogP contribution in [0.5, 0.6) is 0 Å². The van der Waals surface area contributed by atoms with Gasteiger partial charge >= 0.3 is 0 Å². The van der Waals surface area contributed by atoms with Gasteiger partial charge in [0.25, 0.3) is 5.69 Å². The van der Waals surface area contributed by atoms with Gasteiger partial charge in [0.2, 0.25) is 0 Å². The van der Waals surface area contributed by atoms with E-state index >= 15 is 0 Å². The minimum absolute atomic E-state index is 0.0536. The molecular weight excluding hydrogens is 715 g/mol. The third kappa shape index (κ3) is 6.30. The molecule has 2 aliphatic heterocycles. The second kappa shape index (κ2) is 14.6. The summed E-state index contributed by atoms with van der Waals surface area (Å²) in [5, 5.41) is 11.7. The number of benzene rings is 5. The van der Waals surface area contributed by atoms with Crippen LogP contribution in [0.1, 0.15) is 28.3 Å². The van der Waals surface area contributed by atoms with Gasteiger partial charge in [-0.1, -0.05) is 133 Å². The van der Waals surface area contributed by atoms with Gasteiger partial charge in [-0.15, -0.1) is 0 Å². The molecule has 0 spiro atoms. The fourth-order valence-corrected chi connectivity index (χ4v) is 8.10. The van der Waals surface area contributed by atoms with Crippen molar-refractivity contribution in [1.29, 1.82) is 0 Å². The van der Waals surface area contributed by atoms with Crippen molar-refractivity contribution >= 4 is 52.1 Å². The van der Waals surface area contributed by atoms with Crippen LogP contribution in [0.15, 0.2) is 170 Å². The van der Waals surface area contributed by atoms with E-state index in [1.54, 1.807) is 12.1 Å². The normalized spacial score (nSPS) is 11.9. The number of nitrogens with zero attached hydrogens (tertiary/aromatic N) is 4. The maximum Gasteiger partial charge on any atom is 0.269 e. The molecule has 0 fully saturated rings. The Bertz CT molecular complexity index is 2900. The van der Waals surface area contributed by atoms with Crippen LogP contribution in [0.25, 0.3) is 90.9 Å². The lowest BCUT2D eigenvalue weighted by Gasteiger charge is -2.14. The highest BCUT2D eigenvalue weighted by Gasteiger charge is 2.21. The van der Waals surface area contributed by atoms with Crippen LogP contribution in [0.2, 0.25) is 0 Å². The molecule has 2 aliphatic rings. The van der Waals surface area contributed by atoms with Crippen LogP contribution in [-0.2, 0) is 6.54 Å². The average molecular weight is 750 g/mol. The summed E-state index contributed by atoms with van der Waals surface area (Å²) in [7, 11) is 0. The van der Waals surface area contributed by atoms with Gasteiger partial charge < -0.3 is 9.55 Å². The quantitative estimate of drug-likeness (QED) is 0.130. The standard InChI is InChI=1S/C51H35N5O2/c57-56(58)39-23-21-34(22-24-39)33-55-46-31-32-47(55)51(38-19-11-4-12-20-38)45-30-28-43(54-45)49(36-15-7-2-8-16-36)41-26-25-40(52-41)48(35-13-5-1-6-14-35)42-27-29-44(53-42)50(46)37-17-9-3-10-18-37/h1-32,52H,33H2. The van der Waals surface area contributed by atoms with Crippen molar-refractivity contribution in [2.24, 2.45) is 0 Å². The van der Waals surface area contributed by atoms with Crippen LogP contribution < -0.4 is 0 Å². The molecule has 276 valence electrons. The Morgan fingerprint density at radius 3 is 1.19 bits per heavy atom. The molecule has 8 bridgehead atoms. The number of non-ortho nitro benzene ring substituents is 1. The first-order valence-corrected chi connectivity index (χ1v) is 19.2. The Morgan fingerprint density at radius 2 is 0.810 bits per heavy atom. The predicted octanol–water partition coefficient (Wildman–Crippen LogP) is 12.8. The Labute approximate surface area is 334 Å². The number of rotatable bonds is 7. The minimum atomic E-state index is -0.361. The zero-order valence-electron chi connectivity index (χ0n) is 31.3. The summed E-state index contributed by atoms with van der Waals surface area (Å²) in [6, 6.07) is 57.0. The number of aromatic amines is 1. The molecule has 0 atom stereocenters. The predicted molar refractivity (Wildman–Crippen MR) is 236 cm³/mol. The smallest absolute Gasteiger partial charge is 0.269 e. The van der Waals surface area contributed by atoms with E-state index < -0.39 is 0 Å². The van der Waals surface area contributed by atoms with Gasteiger partial charge in [-0.3, -0.25) is 10.1 Å². The molecule has 0 unspecified atom stereocenters. The first-order valence-electron chi connectivity index (χ1n) is 19.2. The summed E-state index contributed by atoms with van der Waals surface area (Å²) < 4.78 is 2.31. The molecule has 1 N–H and O–H groups in total. The van der Waals surface area contributed by atoms with E-state index in [0.29, 0.717) is 6.54 Å². The summed E-state index contributed by atoms with van der Waals surface area (Å²) in [5.41, 5.74) is 16.2. The summed E-state index contributed by atoms with van der Waals surface area (Å²) in [4.78, 5) is 26.0. The Morgan fingerprint density at radius 1 is 0.448 bits per heavy atom. The Kier molecular flexibility index (Phi) is 8.73. The average Bonchev–Trinajstić information content (AvgIpc) is 4.11. The third-order valence-corrected chi connectivity index (χ3v) is 10.8. The van der Waals surface area contributed by atoms with Gasteiger partial charge in [0.15, 0.2) is 0 Å². The number of fused-ring (bicyclic) bond motifs is 8. The van der Waals surface area contributed by atoms with Crippen LogP contribution in [0, 0.1) is 10.1 Å². The van der Waals surface area contributed by atoms with E-state index in [9.17, 15) is 10.1 Å². The van der Waals surface area contributed by atoms with Crippen LogP contribution in [0.4, 0.5) is 5.69 Å². The molecule has 10 rings (SSSR count). The molecule has 0 radical (unpaired) electrons. The fourth-order valence-electron chi connectivity index (χ4n) is 8.10. The SMILES string of the molecule is O=[N+]([O-])c1ccc(Cn2c3ccc2c(-c2ccccc2)c2nc(c(-c4ccccc4)c4ccc([nH]4)c(-c4ccccc4)c4nc(c3-c3ccccc3)C=C4)C=C2)cc1. The van der Waals surface area contributed by atoms with Crippen molar-refractivity contribution in [2.45, 2.75) is 6.54 Å². The molecule has 0 amide bonds. The van der Waals surface area contributed by atoms with Gasteiger partial charge in [0.1, 0.15) is 0 Å². The van der Waals surface area contributed by atoms with Gasteiger partial charge in [-0.05, 0) is 76.4 Å².